The molecule has 1 N–H and O–H groups in total. The SMILES string of the molecule is CC(=O)Oc1ccccc1C(=O)NCC(c1ccc(N(C)C)cc1)N1CCc2ccccc21. The number of carbonyl (C=O) groups is 2. The van der Waals surface area contributed by atoms with E-state index < -0.39 is 5.97 Å². The fourth-order valence-corrected chi connectivity index (χ4v) is 4.27. The molecule has 0 fully saturated rings. The molecule has 0 aromatic heterocycles. The largest absolute Gasteiger partial charge is 0.426 e. The molecule has 3 aromatic carbocycles. The van der Waals surface area contributed by atoms with E-state index in [0.29, 0.717) is 12.1 Å². The molecule has 4 rings (SSSR count). The molecule has 0 bridgehead atoms. The van der Waals surface area contributed by atoms with Crippen molar-refractivity contribution in [2.75, 3.05) is 37.0 Å². The van der Waals surface area contributed by atoms with Crippen LogP contribution in [0.5, 0.6) is 5.75 Å². The van der Waals surface area contributed by atoms with Crippen molar-refractivity contribution in [1.82, 2.24) is 5.32 Å². The van der Waals surface area contributed by atoms with Gasteiger partial charge in [0.05, 0.1) is 11.6 Å². The minimum Gasteiger partial charge on any atom is -0.426 e. The summed E-state index contributed by atoms with van der Waals surface area (Å²) < 4.78 is 5.22. The predicted molar refractivity (Wildman–Crippen MR) is 131 cm³/mol. The number of hydrogen-bond acceptors (Lipinski definition) is 5. The van der Waals surface area contributed by atoms with E-state index in [-0.39, 0.29) is 17.7 Å². The Labute approximate surface area is 194 Å². The van der Waals surface area contributed by atoms with Crippen LogP contribution in [-0.2, 0) is 11.2 Å². The fourth-order valence-electron chi connectivity index (χ4n) is 4.27. The lowest BCUT2D eigenvalue weighted by molar-refractivity contribution is -0.131. The van der Waals surface area contributed by atoms with Crippen LogP contribution in [0.2, 0.25) is 0 Å². The second-order valence-corrected chi connectivity index (χ2v) is 8.37. The number of ether oxygens (including phenoxy) is 1. The van der Waals surface area contributed by atoms with Crippen molar-refractivity contribution in [2.24, 2.45) is 0 Å². The molecule has 0 spiro atoms. The van der Waals surface area contributed by atoms with Crippen LogP contribution in [0.15, 0.2) is 72.8 Å². The van der Waals surface area contributed by atoms with E-state index in [1.165, 1.54) is 18.2 Å². The summed E-state index contributed by atoms with van der Waals surface area (Å²) in [7, 11) is 4.04. The van der Waals surface area contributed by atoms with Crippen LogP contribution in [0, 0.1) is 0 Å². The number of nitrogens with one attached hydrogen (secondary N) is 1. The van der Waals surface area contributed by atoms with E-state index in [0.717, 1.165) is 24.2 Å². The third-order valence-electron chi connectivity index (χ3n) is 5.93. The number of anilines is 2. The number of nitrogens with zero attached hydrogens (tertiary/aromatic N) is 2. The van der Waals surface area contributed by atoms with Gasteiger partial charge in [-0.05, 0) is 47.9 Å². The van der Waals surface area contributed by atoms with E-state index >= 15 is 0 Å². The minimum atomic E-state index is -0.456. The first-order valence-electron chi connectivity index (χ1n) is 11.1. The quantitative estimate of drug-likeness (QED) is 0.438. The first kappa shape index (κ1) is 22.4. The van der Waals surface area contributed by atoms with Crippen LogP contribution in [-0.4, -0.2) is 39.1 Å². The van der Waals surface area contributed by atoms with E-state index in [9.17, 15) is 9.59 Å². The highest BCUT2D eigenvalue weighted by molar-refractivity contribution is 5.97. The van der Waals surface area contributed by atoms with Gasteiger partial charge in [-0.3, -0.25) is 9.59 Å². The summed E-state index contributed by atoms with van der Waals surface area (Å²) in [5.41, 5.74) is 5.12. The Morgan fingerprint density at radius 3 is 2.42 bits per heavy atom. The maximum absolute atomic E-state index is 13.1. The number of carbonyl (C=O) groups excluding carboxylic acids is 2. The van der Waals surface area contributed by atoms with Gasteiger partial charge in [0.1, 0.15) is 5.75 Å². The van der Waals surface area contributed by atoms with Gasteiger partial charge in [-0.2, -0.15) is 0 Å². The number of hydrogen-bond donors (Lipinski definition) is 1. The van der Waals surface area contributed by atoms with Crippen molar-refractivity contribution in [3.8, 4) is 5.75 Å². The molecular formula is C27H29N3O3. The first-order chi connectivity index (χ1) is 15.9. The summed E-state index contributed by atoms with van der Waals surface area (Å²) in [5, 5.41) is 3.07. The molecule has 1 heterocycles. The Bertz CT molecular complexity index is 1140. The predicted octanol–water partition coefficient (Wildman–Crippen LogP) is 4.21. The zero-order valence-electron chi connectivity index (χ0n) is 19.2. The molecule has 0 aliphatic carbocycles. The van der Waals surface area contributed by atoms with Gasteiger partial charge in [0.2, 0.25) is 0 Å². The first-order valence-corrected chi connectivity index (χ1v) is 11.1. The molecule has 1 aliphatic heterocycles. The molecule has 1 amide bonds. The Hall–Kier alpha value is -3.80. The van der Waals surface area contributed by atoms with Crippen molar-refractivity contribution in [1.29, 1.82) is 0 Å². The molecule has 1 unspecified atom stereocenters. The standard InChI is InChI=1S/C27H29N3O3/c1-19(31)33-26-11-7-5-9-23(26)27(32)28-18-25(21-12-14-22(15-13-21)29(2)3)30-17-16-20-8-4-6-10-24(20)30/h4-15,25H,16-18H2,1-3H3,(H,28,32). The van der Waals surface area contributed by atoms with Crippen LogP contribution >= 0.6 is 0 Å². The van der Waals surface area contributed by atoms with Gasteiger partial charge in [-0.15, -0.1) is 0 Å². The van der Waals surface area contributed by atoms with Crippen molar-refractivity contribution in [3.05, 3.63) is 89.5 Å². The molecule has 0 saturated carbocycles. The summed E-state index contributed by atoms with van der Waals surface area (Å²) in [4.78, 5) is 28.9. The number of amides is 1. The Morgan fingerprint density at radius 2 is 1.70 bits per heavy atom. The third kappa shape index (κ3) is 5.00. The van der Waals surface area contributed by atoms with Crippen molar-refractivity contribution < 1.29 is 14.3 Å². The van der Waals surface area contributed by atoms with Gasteiger partial charge >= 0.3 is 5.97 Å². The summed E-state index contributed by atoms with van der Waals surface area (Å²) in [5.74, 6) is -0.460. The van der Waals surface area contributed by atoms with Crippen molar-refractivity contribution >= 4 is 23.3 Å². The van der Waals surface area contributed by atoms with E-state index in [2.05, 4.69) is 63.6 Å². The van der Waals surface area contributed by atoms with E-state index in [1.54, 1.807) is 24.3 Å². The third-order valence-corrected chi connectivity index (χ3v) is 5.93. The minimum absolute atomic E-state index is 0.0327. The molecule has 0 radical (unpaired) electrons. The molecule has 6 nitrogen and oxygen atoms in total. The van der Waals surface area contributed by atoms with Crippen LogP contribution in [0.1, 0.15) is 34.5 Å². The van der Waals surface area contributed by atoms with Gasteiger partial charge in [-0.1, -0.05) is 42.5 Å². The van der Waals surface area contributed by atoms with Crippen LogP contribution in [0.3, 0.4) is 0 Å². The lowest BCUT2D eigenvalue weighted by Gasteiger charge is -2.31. The van der Waals surface area contributed by atoms with E-state index in [1.807, 2.05) is 14.1 Å². The van der Waals surface area contributed by atoms with Gasteiger partial charge in [0.25, 0.3) is 5.91 Å². The lowest BCUT2D eigenvalue weighted by atomic mass is 10.0. The number of rotatable bonds is 7. The number of esters is 1. The number of benzene rings is 3. The topological polar surface area (TPSA) is 61.9 Å². The molecule has 33 heavy (non-hydrogen) atoms. The average Bonchev–Trinajstić information content (AvgIpc) is 3.23. The van der Waals surface area contributed by atoms with Gasteiger partial charge in [-0.25, -0.2) is 0 Å². The number of fused-ring (bicyclic) bond motifs is 1. The molecule has 1 aliphatic rings. The van der Waals surface area contributed by atoms with Gasteiger partial charge in [0.15, 0.2) is 0 Å². The average molecular weight is 444 g/mol. The molecule has 1 atom stereocenters. The summed E-state index contributed by atoms with van der Waals surface area (Å²) in [6.07, 6.45) is 0.978. The van der Waals surface area contributed by atoms with Gasteiger partial charge in [0, 0.05) is 45.5 Å². The molecule has 6 heteroatoms. The fraction of sp³-hybridized carbons (Fsp3) is 0.259. The van der Waals surface area contributed by atoms with Crippen molar-refractivity contribution in [3.63, 3.8) is 0 Å². The van der Waals surface area contributed by atoms with E-state index in [4.69, 9.17) is 4.74 Å². The zero-order valence-corrected chi connectivity index (χ0v) is 19.2. The smallest absolute Gasteiger partial charge is 0.308 e. The maximum atomic E-state index is 13.1. The number of para-hydroxylation sites is 2. The maximum Gasteiger partial charge on any atom is 0.308 e. The Kier molecular flexibility index (Phi) is 6.63. The van der Waals surface area contributed by atoms with Crippen LogP contribution in [0.25, 0.3) is 0 Å². The monoisotopic (exact) mass is 443 g/mol. The molecular weight excluding hydrogens is 414 g/mol. The Morgan fingerprint density at radius 1 is 1.00 bits per heavy atom. The highest BCUT2D eigenvalue weighted by Crippen LogP contribution is 2.35. The van der Waals surface area contributed by atoms with Crippen molar-refractivity contribution in [2.45, 2.75) is 19.4 Å². The highest BCUT2D eigenvalue weighted by Gasteiger charge is 2.28. The normalized spacial score (nSPS) is 13.2. The summed E-state index contributed by atoms with van der Waals surface area (Å²) in [6, 6.07) is 23.6. The van der Waals surface area contributed by atoms with Crippen LogP contribution in [0.4, 0.5) is 11.4 Å². The summed E-state index contributed by atoms with van der Waals surface area (Å²) >= 11 is 0. The molecule has 3 aromatic rings. The van der Waals surface area contributed by atoms with Crippen LogP contribution < -0.4 is 19.9 Å². The Balaban J connectivity index is 1.60. The lowest BCUT2D eigenvalue weighted by Crippen LogP contribution is -2.37. The highest BCUT2D eigenvalue weighted by atomic mass is 16.5. The zero-order chi connectivity index (χ0) is 23.4. The second-order valence-electron chi connectivity index (χ2n) is 8.37. The second kappa shape index (κ2) is 9.77. The summed E-state index contributed by atoms with van der Waals surface area (Å²) in [6.45, 7) is 2.63. The molecule has 0 saturated heterocycles. The van der Waals surface area contributed by atoms with Gasteiger partial charge < -0.3 is 19.9 Å². The molecule has 170 valence electrons.